The highest BCUT2D eigenvalue weighted by molar-refractivity contribution is 5.95. The number of nitrogens with zero attached hydrogens (tertiary/aromatic N) is 3. The molecule has 1 saturated heterocycles. The number of hydrogen-bond acceptors (Lipinski definition) is 8. The number of halogens is 3. The standard InChI is InChI=1S/C30H28F3N5O5/c1-37-8-10-38(11-9-37)14-17-3-2-16(12-21(17)30(31,32)33)28(39)35-25-24-19-13-18(4-5-22(19)43-26(24)25)42-23-6-7-34-27-20(23)15-41-29(40)36-27/h2-7,12-13,24-26H,8-11,14-15H2,1H3,(H,35,39)(H,34,36,40)/t24-,25+,26-/m0/s1. The van der Waals surface area contributed by atoms with Crippen molar-refractivity contribution >= 4 is 17.8 Å². The Hall–Kier alpha value is -4.36. The molecular formula is C30H28F3N5O5. The van der Waals surface area contributed by atoms with Crippen molar-refractivity contribution in [1.29, 1.82) is 0 Å². The number of rotatable bonds is 6. The van der Waals surface area contributed by atoms with Crippen LogP contribution in [0.2, 0.25) is 0 Å². The van der Waals surface area contributed by atoms with Crippen molar-refractivity contribution in [2.75, 3.05) is 38.5 Å². The van der Waals surface area contributed by atoms with Crippen molar-refractivity contribution in [2.45, 2.75) is 37.4 Å². The molecule has 43 heavy (non-hydrogen) atoms. The molecule has 4 aliphatic rings. The molecule has 7 rings (SSSR count). The fourth-order valence-electron chi connectivity index (χ4n) is 5.89. The zero-order chi connectivity index (χ0) is 29.9. The Labute approximate surface area is 244 Å². The number of fused-ring (bicyclic) bond motifs is 4. The average Bonchev–Trinajstić information content (AvgIpc) is 3.49. The maximum absolute atomic E-state index is 14.0. The Morgan fingerprint density at radius 2 is 1.95 bits per heavy atom. The zero-order valence-corrected chi connectivity index (χ0v) is 23.1. The van der Waals surface area contributed by atoms with E-state index in [1.54, 1.807) is 18.2 Å². The summed E-state index contributed by atoms with van der Waals surface area (Å²) in [5.41, 5.74) is 0.751. The number of pyridine rings is 1. The number of anilines is 1. The van der Waals surface area contributed by atoms with Crippen LogP contribution in [0.1, 0.15) is 38.5 Å². The minimum Gasteiger partial charge on any atom is -0.487 e. The lowest BCUT2D eigenvalue weighted by Crippen LogP contribution is -2.44. The maximum Gasteiger partial charge on any atom is 0.416 e. The smallest absolute Gasteiger partial charge is 0.416 e. The first-order valence-electron chi connectivity index (χ1n) is 14.0. The van der Waals surface area contributed by atoms with Crippen LogP contribution in [0.25, 0.3) is 0 Å². The molecule has 2 fully saturated rings. The van der Waals surface area contributed by atoms with Crippen LogP contribution < -0.4 is 20.1 Å². The largest absolute Gasteiger partial charge is 0.487 e. The molecule has 10 nitrogen and oxygen atoms in total. The van der Waals surface area contributed by atoms with E-state index in [2.05, 4.69) is 20.5 Å². The van der Waals surface area contributed by atoms with Crippen molar-refractivity contribution in [2.24, 2.45) is 0 Å². The number of piperazine rings is 1. The quantitative estimate of drug-likeness (QED) is 0.434. The van der Waals surface area contributed by atoms with E-state index < -0.39 is 23.7 Å². The van der Waals surface area contributed by atoms with Gasteiger partial charge >= 0.3 is 12.3 Å². The number of amides is 2. The summed E-state index contributed by atoms with van der Waals surface area (Å²) in [6.45, 7) is 3.16. The Morgan fingerprint density at radius 3 is 2.74 bits per heavy atom. The molecule has 2 aromatic carbocycles. The van der Waals surface area contributed by atoms with Gasteiger partial charge in [-0.2, -0.15) is 13.2 Å². The number of nitrogens with one attached hydrogen (secondary N) is 2. The average molecular weight is 596 g/mol. The number of hydrogen-bond donors (Lipinski definition) is 2. The molecular weight excluding hydrogens is 567 g/mol. The molecule has 4 heterocycles. The van der Waals surface area contributed by atoms with Gasteiger partial charge in [0, 0.05) is 50.0 Å². The highest BCUT2D eigenvalue weighted by atomic mass is 19.4. The Bertz CT molecular complexity index is 1610. The van der Waals surface area contributed by atoms with E-state index >= 15 is 0 Å². The summed E-state index contributed by atoms with van der Waals surface area (Å²) in [7, 11) is 1.99. The first-order chi connectivity index (χ1) is 20.6. The van der Waals surface area contributed by atoms with Gasteiger partial charge in [0.15, 0.2) is 0 Å². The Balaban J connectivity index is 1.04. The number of alkyl halides is 3. The molecule has 3 aromatic rings. The summed E-state index contributed by atoms with van der Waals surface area (Å²) in [5, 5.41) is 5.39. The topological polar surface area (TPSA) is 105 Å². The van der Waals surface area contributed by atoms with Gasteiger partial charge < -0.3 is 24.4 Å². The van der Waals surface area contributed by atoms with Gasteiger partial charge in [0.05, 0.1) is 23.1 Å². The highest BCUT2D eigenvalue weighted by Crippen LogP contribution is 2.54. The predicted molar refractivity (Wildman–Crippen MR) is 147 cm³/mol. The number of aromatic nitrogens is 1. The minimum absolute atomic E-state index is 0.0179. The van der Waals surface area contributed by atoms with Gasteiger partial charge in [-0.3, -0.25) is 15.0 Å². The Kier molecular flexibility index (Phi) is 6.66. The molecule has 1 saturated carbocycles. The summed E-state index contributed by atoms with van der Waals surface area (Å²) >= 11 is 0. The van der Waals surface area contributed by atoms with Gasteiger partial charge in [-0.25, -0.2) is 9.78 Å². The number of benzene rings is 2. The van der Waals surface area contributed by atoms with Crippen LogP contribution in [0.5, 0.6) is 17.2 Å². The van der Waals surface area contributed by atoms with Crippen LogP contribution in [-0.2, 0) is 24.1 Å². The monoisotopic (exact) mass is 595 g/mol. The highest BCUT2D eigenvalue weighted by Gasteiger charge is 2.59. The predicted octanol–water partition coefficient (Wildman–Crippen LogP) is 4.36. The first-order valence-corrected chi connectivity index (χ1v) is 14.0. The van der Waals surface area contributed by atoms with Gasteiger partial charge in [-0.05, 0) is 49.0 Å². The van der Waals surface area contributed by atoms with E-state index in [-0.39, 0.29) is 42.3 Å². The van der Waals surface area contributed by atoms with Crippen LogP contribution in [0, 0.1) is 0 Å². The van der Waals surface area contributed by atoms with E-state index in [0.29, 0.717) is 41.7 Å². The van der Waals surface area contributed by atoms with Gasteiger partial charge in [0.25, 0.3) is 5.91 Å². The molecule has 13 heteroatoms. The van der Waals surface area contributed by atoms with E-state index in [9.17, 15) is 22.8 Å². The number of carbonyl (C=O) groups is 2. The lowest BCUT2D eigenvalue weighted by atomic mass is 10.0. The molecule has 1 aromatic heterocycles. The molecule has 0 unspecified atom stereocenters. The molecule has 0 radical (unpaired) electrons. The van der Waals surface area contributed by atoms with E-state index in [0.717, 1.165) is 24.7 Å². The van der Waals surface area contributed by atoms with E-state index in [1.807, 2.05) is 18.0 Å². The van der Waals surface area contributed by atoms with Crippen molar-refractivity contribution in [3.63, 3.8) is 0 Å². The van der Waals surface area contributed by atoms with Gasteiger partial charge in [-0.1, -0.05) is 6.07 Å². The summed E-state index contributed by atoms with van der Waals surface area (Å²) < 4.78 is 59.2. The molecule has 0 bridgehead atoms. The fraction of sp³-hybridized carbons (Fsp3) is 0.367. The second-order valence-corrected chi connectivity index (χ2v) is 11.2. The van der Waals surface area contributed by atoms with Crippen LogP contribution >= 0.6 is 0 Å². The number of cyclic esters (lactones) is 1. The summed E-state index contributed by atoms with van der Waals surface area (Å²) in [5.74, 6) is 1.26. The summed E-state index contributed by atoms with van der Waals surface area (Å²) in [6.07, 6.45) is -3.97. The summed E-state index contributed by atoms with van der Waals surface area (Å²) in [6, 6.07) is 10.4. The van der Waals surface area contributed by atoms with Gasteiger partial charge in [-0.15, -0.1) is 0 Å². The summed E-state index contributed by atoms with van der Waals surface area (Å²) in [4.78, 5) is 32.9. The number of likely N-dealkylation sites (N-methyl/N-ethyl adjacent to an activating group) is 1. The third-order valence-corrected chi connectivity index (χ3v) is 8.33. The SMILES string of the molecule is CN1CCN(Cc2ccc(C(=O)N[C@H]3[C@H]4Oc5ccc(Oc6ccnc7c6COC(=O)N7)cc5[C@@H]34)cc2C(F)(F)F)CC1. The zero-order valence-electron chi connectivity index (χ0n) is 23.1. The third-order valence-electron chi connectivity index (χ3n) is 8.33. The number of ether oxygens (including phenoxy) is 3. The molecule has 1 aliphatic carbocycles. The molecule has 224 valence electrons. The van der Waals surface area contributed by atoms with E-state index in [1.165, 1.54) is 18.3 Å². The lowest BCUT2D eigenvalue weighted by molar-refractivity contribution is -0.138. The normalized spacial score (nSPS) is 22.8. The second kappa shape index (κ2) is 10.4. The van der Waals surface area contributed by atoms with Gasteiger partial charge in [0.2, 0.25) is 0 Å². The minimum atomic E-state index is -4.58. The van der Waals surface area contributed by atoms with E-state index in [4.69, 9.17) is 14.2 Å². The maximum atomic E-state index is 14.0. The second-order valence-electron chi connectivity index (χ2n) is 11.2. The molecule has 2 amide bonds. The lowest BCUT2D eigenvalue weighted by Gasteiger charge is -2.33. The molecule has 3 atom stereocenters. The number of carbonyl (C=O) groups excluding carboxylic acids is 2. The molecule has 3 aliphatic heterocycles. The van der Waals surface area contributed by atoms with Crippen molar-refractivity contribution in [3.05, 3.63) is 76.5 Å². The van der Waals surface area contributed by atoms with Crippen LogP contribution in [0.4, 0.5) is 23.8 Å². The fourth-order valence-corrected chi connectivity index (χ4v) is 5.89. The third kappa shape index (κ3) is 5.34. The van der Waals surface area contributed by atoms with Crippen LogP contribution in [0.3, 0.4) is 0 Å². The van der Waals surface area contributed by atoms with Crippen molar-refractivity contribution in [1.82, 2.24) is 20.1 Å². The van der Waals surface area contributed by atoms with Crippen LogP contribution in [-0.4, -0.2) is 72.2 Å². The first kappa shape index (κ1) is 27.5. The van der Waals surface area contributed by atoms with Gasteiger partial charge in [0.1, 0.15) is 35.8 Å². The molecule has 0 spiro atoms. The van der Waals surface area contributed by atoms with Crippen molar-refractivity contribution in [3.8, 4) is 17.2 Å². The van der Waals surface area contributed by atoms with Crippen molar-refractivity contribution < 1.29 is 37.0 Å². The Morgan fingerprint density at radius 1 is 1.14 bits per heavy atom. The molecule has 2 N–H and O–H groups in total. The van der Waals surface area contributed by atoms with Crippen LogP contribution in [0.15, 0.2) is 48.7 Å².